The average molecular weight is 257 g/mol. The Morgan fingerprint density at radius 1 is 1.16 bits per heavy atom. The number of rotatable bonds is 5. The lowest BCUT2D eigenvalue weighted by Gasteiger charge is -2.10. The highest BCUT2D eigenvalue weighted by Crippen LogP contribution is 2.22. The molecule has 0 saturated carbocycles. The summed E-state index contributed by atoms with van der Waals surface area (Å²) in [6.07, 6.45) is 1.03. The van der Waals surface area contributed by atoms with Gasteiger partial charge in [0.15, 0.2) is 0 Å². The number of hydrogen-bond acceptors (Lipinski definition) is 2. The van der Waals surface area contributed by atoms with E-state index in [2.05, 4.69) is 73.1 Å². The van der Waals surface area contributed by atoms with Gasteiger partial charge in [-0.2, -0.15) is 5.10 Å². The van der Waals surface area contributed by atoms with E-state index in [0.717, 1.165) is 18.7 Å². The van der Waals surface area contributed by atoms with Gasteiger partial charge in [0.1, 0.15) is 0 Å². The number of nitrogens with one attached hydrogen (secondary N) is 1. The summed E-state index contributed by atoms with van der Waals surface area (Å²) in [4.78, 5) is 0. The Morgan fingerprint density at radius 2 is 1.84 bits per heavy atom. The lowest BCUT2D eigenvalue weighted by molar-refractivity contribution is 0.516. The normalized spacial score (nSPS) is 11.0. The van der Waals surface area contributed by atoms with Crippen LogP contribution >= 0.6 is 0 Å². The van der Waals surface area contributed by atoms with Gasteiger partial charge in [-0.3, -0.25) is 4.68 Å². The average Bonchev–Trinajstić information content (AvgIpc) is 2.68. The van der Waals surface area contributed by atoms with Crippen LogP contribution in [0.15, 0.2) is 30.3 Å². The molecule has 0 spiro atoms. The van der Waals surface area contributed by atoms with Crippen LogP contribution in [0.25, 0.3) is 0 Å². The predicted molar refractivity (Wildman–Crippen MR) is 80.7 cm³/mol. The van der Waals surface area contributed by atoms with E-state index in [1.807, 2.05) is 0 Å². The van der Waals surface area contributed by atoms with Crippen LogP contribution < -0.4 is 5.32 Å². The molecule has 1 N–H and O–H groups in total. The van der Waals surface area contributed by atoms with Crippen molar-refractivity contribution in [2.45, 2.75) is 40.2 Å². The van der Waals surface area contributed by atoms with Gasteiger partial charge in [0.05, 0.1) is 17.1 Å². The summed E-state index contributed by atoms with van der Waals surface area (Å²) in [7, 11) is 0. The van der Waals surface area contributed by atoms with E-state index in [1.54, 1.807) is 0 Å². The molecule has 0 bridgehead atoms. The maximum absolute atomic E-state index is 4.59. The van der Waals surface area contributed by atoms with Crippen LogP contribution in [0.4, 0.5) is 5.69 Å². The Kier molecular flexibility index (Phi) is 4.25. The Hall–Kier alpha value is -1.77. The van der Waals surface area contributed by atoms with E-state index in [9.17, 15) is 0 Å². The first kappa shape index (κ1) is 13.7. The molecule has 0 unspecified atom stereocenters. The van der Waals surface area contributed by atoms with Crippen LogP contribution in [0.1, 0.15) is 36.8 Å². The minimum absolute atomic E-state index is 0.406. The van der Waals surface area contributed by atoms with Crippen molar-refractivity contribution in [3.63, 3.8) is 0 Å². The fourth-order valence-corrected chi connectivity index (χ4v) is 2.40. The second-order valence-electron chi connectivity index (χ2n) is 5.25. The molecule has 0 aliphatic heterocycles. The first-order valence-electron chi connectivity index (χ1n) is 6.93. The van der Waals surface area contributed by atoms with Crippen molar-refractivity contribution in [3.8, 4) is 0 Å². The van der Waals surface area contributed by atoms with Gasteiger partial charge in [-0.15, -0.1) is 0 Å². The first-order chi connectivity index (χ1) is 9.09. The van der Waals surface area contributed by atoms with Gasteiger partial charge in [0.25, 0.3) is 0 Å². The van der Waals surface area contributed by atoms with Crippen molar-refractivity contribution in [2.75, 3.05) is 11.9 Å². The Balaban J connectivity index is 2.00. The van der Waals surface area contributed by atoms with Gasteiger partial charge in [-0.05, 0) is 39.7 Å². The molecule has 0 aliphatic carbocycles. The van der Waals surface area contributed by atoms with Gasteiger partial charge in [-0.25, -0.2) is 0 Å². The van der Waals surface area contributed by atoms with Gasteiger partial charge >= 0.3 is 0 Å². The smallest absolute Gasteiger partial charge is 0.0828 e. The topological polar surface area (TPSA) is 29.9 Å². The standard InChI is InChI=1S/C16H23N3/c1-12(2)19-14(4)16(13(3)18-19)17-11-10-15-8-6-5-7-9-15/h5-9,12,17H,10-11H2,1-4H3. The summed E-state index contributed by atoms with van der Waals surface area (Å²) in [5.41, 5.74) is 4.85. The fraction of sp³-hybridized carbons (Fsp3) is 0.438. The SMILES string of the molecule is Cc1nn(C(C)C)c(C)c1NCCc1ccccc1. The highest BCUT2D eigenvalue weighted by molar-refractivity contribution is 5.52. The van der Waals surface area contributed by atoms with E-state index in [-0.39, 0.29) is 0 Å². The second-order valence-corrected chi connectivity index (χ2v) is 5.25. The van der Waals surface area contributed by atoms with Crippen molar-refractivity contribution in [1.82, 2.24) is 9.78 Å². The van der Waals surface area contributed by atoms with E-state index < -0.39 is 0 Å². The van der Waals surface area contributed by atoms with Crippen LogP contribution in [0.2, 0.25) is 0 Å². The van der Waals surface area contributed by atoms with Gasteiger partial charge in [0, 0.05) is 12.6 Å². The van der Waals surface area contributed by atoms with Crippen molar-refractivity contribution >= 4 is 5.69 Å². The van der Waals surface area contributed by atoms with Crippen molar-refractivity contribution in [1.29, 1.82) is 0 Å². The number of benzene rings is 1. The van der Waals surface area contributed by atoms with Crippen molar-refractivity contribution in [3.05, 3.63) is 47.3 Å². The fourth-order valence-electron chi connectivity index (χ4n) is 2.40. The molecular weight excluding hydrogens is 234 g/mol. The van der Waals surface area contributed by atoms with Crippen LogP contribution in [0.3, 0.4) is 0 Å². The largest absolute Gasteiger partial charge is 0.382 e. The summed E-state index contributed by atoms with van der Waals surface area (Å²) in [6.45, 7) is 9.46. The molecule has 0 atom stereocenters. The zero-order chi connectivity index (χ0) is 13.8. The van der Waals surface area contributed by atoms with Crippen LogP contribution in [0.5, 0.6) is 0 Å². The Labute approximate surface area is 115 Å². The molecule has 0 fully saturated rings. The molecule has 102 valence electrons. The quantitative estimate of drug-likeness (QED) is 0.884. The van der Waals surface area contributed by atoms with E-state index in [1.165, 1.54) is 16.9 Å². The molecule has 19 heavy (non-hydrogen) atoms. The summed E-state index contributed by atoms with van der Waals surface area (Å²) >= 11 is 0. The lowest BCUT2D eigenvalue weighted by atomic mass is 10.1. The molecule has 1 aromatic carbocycles. The molecule has 1 aromatic heterocycles. The maximum Gasteiger partial charge on any atom is 0.0828 e. The van der Waals surface area contributed by atoms with Crippen LogP contribution in [-0.4, -0.2) is 16.3 Å². The van der Waals surface area contributed by atoms with Crippen molar-refractivity contribution in [2.24, 2.45) is 0 Å². The third kappa shape index (κ3) is 3.16. The van der Waals surface area contributed by atoms with Crippen LogP contribution in [-0.2, 0) is 6.42 Å². The monoisotopic (exact) mass is 257 g/mol. The zero-order valence-electron chi connectivity index (χ0n) is 12.3. The third-order valence-corrected chi connectivity index (χ3v) is 3.37. The maximum atomic E-state index is 4.59. The molecule has 2 aromatic rings. The summed E-state index contributed by atoms with van der Waals surface area (Å²) < 4.78 is 2.08. The predicted octanol–water partition coefficient (Wildman–Crippen LogP) is 3.74. The number of nitrogens with zero attached hydrogens (tertiary/aromatic N) is 2. The molecule has 0 aliphatic rings. The summed E-state index contributed by atoms with van der Waals surface area (Å²) in [5.74, 6) is 0. The van der Waals surface area contributed by atoms with Gasteiger partial charge in [0.2, 0.25) is 0 Å². The summed E-state index contributed by atoms with van der Waals surface area (Å²) in [6, 6.07) is 11.0. The van der Waals surface area contributed by atoms with E-state index in [4.69, 9.17) is 0 Å². The number of aromatic nitrogens is 2. The number of anilines is 1. The van der Waals surface area contributed by atoms with Gasteiger partial charge in [-0.1, -0.05) is 30.3 Å². The zero-order valence-corrected chi connectivity index (χ0v) is 12.3. The molecule has 3 heteroatoms. The molecular formula is C16H23N3. The first-order valence-corrected chi connectivity index (χ1v) is 6.93. The molecule has 1 heterocycles. The highest BCUT2D eigenvalue weighted by Gasteiger charge is 2.12. The molecule has 0 saturated heterocycles. The third-order valence-electron chi connectivity index (χ3n) is 3.37. The summed E-state index contributed by atoms with van der Waals surface area (Å²) in [5, 5.41) is 8.11. The van der Waals surface area contributed by atoms with Crippen LogP contribution in [0, 0.1) is 13.8 Å². The number of aryl methyl sites for hydroxylation is 1. The lowest BCUT2D eigenvalue weighted by Crippen LogP contribution is -2.08. The molecule has 0 amide bonds. The molecule has 3 nitrogen and oxygen atoms in total. The van der Waals surface area contributed by atoms with E-state index >= 15 is 0 Å². The van der Waals surface area contributed by atoms with Gasteiger partial charge < -0.3 is 5.32 Å². The Bertz CT molecular complexity index is 526. The minimum atomic E-state index is 0.406. The van der Waals surface area contributed by atoms with E-state index in [0.29, 0.717) is 6.04 Å². The highest BCUT2D eigenvalue weighted by atomic mass is 15.3. The van der Waals surface area contributed by atoms with Crippen molar-refractivity contribution < 1.29 is 0 Å². The Morgan fingerprint density at radius 3 is 2.42 bits per heavy atom. The molecule has 0 radical (unpaired) electrons. The minimum Gasteiger partial charge on any atom is -0.382 e. The number of hydrogen-bond donors (Lipinski definition) is 1. The second kappa shape index (κ2) is 5.91. The molecule has 2 rings (SSSR count).